The van der Waals surface area contributed by atoms with Crippen LogP contribution in [0, 0.1) is 11.3 Å². The summed E-state index contributed by atoms with van der Waals surface area (Å²) in [6.45, 7) is 1.10. The van der Waals surface area contributed by atoms with E-state index in [1.165, 1.54) is 25.1 Å². The number of nitriles is 1. The van der Waals surface area contributed by atoms with Crippen LogP contribution in [0.5, 0.6) is 11.5 Å². The summed E-state index contributed by atoms with van der Waals surface area (Å²) < 4.78 is 15.4. The van der Waals surface area contributed by atoms with Crippen LogP contribution < -0.4 is 14.8 Å². The van der Waals surface area contributed by atoms with E-state index in [4.69, 9.17) is 31.1 Å². The molecule has 1 atom stereocenters. The van der Waals surface area contributed by atoms with Crippen molar-refractivity contribution in [1.29, 1.82) is 5.26 Å². The number of amides is 1. The van der Waals surface area contributed by atoms with Gasteiger partial charge in [0, 0.05) is 5.69 Å². The predicted octanol–water partition coefficient (Wildman–Crippen LogP) is 3.17. The SMILES string of the molecule is COc1ccc(OCC(=O)OC(C)C(=O)Nc2ccc(C#N)c(Cl)c2)cc1. The normalized spacial score (nSPS) is 11.0. The topological polar surface area (TPSA) is 97.7 Å². The third-order valence-corrected chi connectivity index (χ3v) is 3.76. The van der Waals surface area contributed by atoms with Crippen LogP contribution in [0.3, 0.4) is 0 Å². The fraction of sp³-hybridized carbons (Fsp3) is 0.211. The number of halogens is 1. The summed E-state index contributed by atoms with van der Waals surface area (Å²) in [7, 11) is 1.55. The smallest absolute Gasteiger partial charge is 0.344 e. The Balaban J connectivity index is 1.83. The highest BCUT2D eigenvalue weighted by Crippen LogP contribution is 2.20. The molecule has 0 saturated heterocycles. The van der Waals surface area contributed by atoms with E-state index in [1.54, 1.807) is 31.4 Å². The van der Waals surface area contributed by atoms with Crippen molar-refractivity contribution in [1.82, 2.24) is 0 Å². The van der Waals surface area contributed by atoms with Crippen molar-refractivity contribution in [3.05, 3.63) is 53.1 Å². The van der Waals surface area contributed by atoms with Gasteiger partial charge in [0.2, 0.25) is 0 Å². The lowest BCUT2D eigenvalue weighted by atomic mass is 10.2. The molecule has 0 bridgehead atoms. The lowest BCUT2D eigenvalue weighted by Gasteiger charge is -2.14. The Morgan fingerprint density at radius 3 is 2.44 bits per heavy atom. The summed E-state index contributed by atoms with van der Waals surface area (Å²) in [5.41, 5.74) is 0.686. The van der Waals surface area contributed by atoms with E-state index in [2.05, 4.69) is 5.32 Å². The molecule has 2 aromatic rings. The molecule has 8 heteroatoms. The van der Waals surface area contributed by atoms with Gasteiger partial charge >= 0.3 is 5.97 Å². The monoisotopic (exact) mass is 388 g/mol. The third kappa shape index (κ3) is 5.90. The van der Waals surface area contributed by atoms with Gasteiger partial charge in [0.25, 0.3) is 5.91 Å². The van der Waals surface area contributed by atoms with Gasteiger partial charge < -0.3 is 19.5 Å². The fourth-order valence-electron chi connectivity index (χ4n) is 2.03. The van der Waals surface area contributed by atoms with Gasteiger partial charge in [-0.25, -0.2) is 4.79 Å². The van der Waals surface area contributed by atoms with Gasteiger partial charge in [-0.15, -0.1) is 0 Å². The Kier molecular flexibility index (Phi) is 7.03. The Hall–Kier alpha value is -3.24. The number of rotatable bonds is 7. The number of carbonyl (C=O) groups is 2. The van der Waals surface area contributed by atoms with E-state index < -0.39 is 18.0 Å². The van der Waals surface area contributed by atoms with Gasteiger partial charge in [0.15, 0.2) is 12.7 Å². The number of hydrogen-bond acceptors (Lipinski definition) is 6. The average molecular weight is 389 g/mol. The molecule has 0 aliphatic heterocycles. The van der Waals surface area contributed by atoms with Gasteiger partial charge in [0.05, 0.1) is 17.7 Å². The van der Waals surface area contributed by atoms with Crippen molar-refractivity contribution >= 4 is 29.2 Å². The van der Waals surface area contributed by atoms with E-state index in [9.17, 15) is 9.59 Å². The van der Waals surface area contributed by atoms with Gasteiger partial charge in [-0.3, -0.25) is 4.79 Å². The minimum atomic E-state index is -1.04. The van der Waals surface area contributed by atoms with Gasteiger partial charge in [-0.05, 0) is 49.4 Å². The molecule has 140 valence electrons. The zero-order valence-electron chi connectivity index (χ0n) is 14.7. The highest BCUT2D eigenvalue weighted by atomic mass is 35.5. The maximum Gasteiger partial charge on any atom is 0.344 e. The molecule has 0 saturated carbocycles. The molecule has 0 aliphatic carbocycles. The van der Waals surface area contributed by atoms with Crippen LogP contribution >= 0.6 is 11.6 Å². The number of hydrogen-bond donors (Lipinski definition) is 1. The Morgan fingerprint density at radius 1 is 1.19 bits per heavy atom. The number of nitrogens with one attached hydrogen (secondary N) is 1. The Bertz CT molecular complexity index is 861. The van der Waals surface area contributed by atoms with Crippen LogP contribution in [-0.4, -0.2) is 31.7 Å². The first-order chi connectivity index (χ1) is 12.9. The molecule has 0 spiro atoms. The quantitative estimate of drug-likeness (QED) is 0.731. The van der Waals surface area contributed by atoms with Crippen LogP contribution in [0.1, 0.15) is 12.5 Å². The highest BCUT2D eigenvalue weighted by Gasteiger charge is 2.18. The number of anilines is 1. The number of nitrogens with zero attached hydrogens (tertiary/aromatic N) is 1. The molecular formula is C19H17ClN2O5. The fourth-order valence-corrected chi connectivity index (χ4v) is 2.25. The molecule has 0 radical (unpaired) electrons. The first-order valence-electron chi connectivity index (χ1n) is 7.89. The molecule has 2 rings (SSSR count). The maximum absolute atomic E-state index is 12.1. The van der Waals surface area contributed by atoms with Crippen molar-refractivity contribution in [3.63, 3.8) is 0 Å². The van der Waals surface area contributed by atoms with Crippen molar-refractivity contribution in [2.75, 3.05) is 19.0 Å². The average Bonchev–Trinajstić information content (AvgIpc) is 2.66. The molecule has 27 heavy (non-hydrogen) atoms. The molecule has 2 aromatic carbocycles. The maximum atomic E-state index is 12.1. The summed E-state index contributed by atoms with van der Waals surface area (Å²) in [5.74, 6) is -0.0879. The summed E-state index contributed by atoms with van der Waals surface area (Å²) in [6.07, 6.45) is -1.04. The van der Waals surface area contributed by atoms with Crippen molar-refractivity contribution in [3.8, 4) is 17.6 Å². The number of carbonyl (C=O) groups excluding carboxylic acids is 2. The number of esters is 1. The number of benzene rings is 2. The van der Waals surface area contributed by atoms with Crippen LogP contribution in [-0.2, 0) is 14.3 Å². The molecule has 1 unspecified atom stereocenters. The van der Waals surface area contributed by atoms with Crippen molar-refractivity contribution in [2.45, 2.75) is 13.0 Å². The van der Waals surface area contributed by atoms with E-state index in [0.29, 0.717) is 22.7 Å². The Morgan fingerprint density at radius 2 is 1.85 bits per heavy atom. The predicted molar refractivity (Wildman–Crippen MR) is 98.8 cm³/mol. The van der Waals surface area contributed by atoms with E-state index in [0.717, 1.165) is 0 Å². The molecule has 1 amide bonds. The van der Waals surface area contributed by atoms with E-state index >= 15 is 0 Å². The molecule has 1 N–H and O–H groups in total. The lowest BCUT2D eigenvalue weighted by molar-refractivity contribution is -0.155. The molecule has 0 aromatic heterocycles. The van der Waals surface area contributed by atoms with Gasteiger partial charge in [-0.1, -0.05) is 11.6 Å². The summed E-state index contributed by atoms with van der Waals surface area (Å²) in [4.78, 5) is 23.9. The summed E-state index contributed by atoms with van der Waals surface area (Å²) in [5, 5.41) is 11.6. The minimum Gasteiger partial charge on any atom is -0.497 e. The molecule has 0 aliphatic rings. The third-order valence-electron chi connectivity index (χ3n) is 3.45. The molecule has 7 nitrogen and oxygen atoms in total. The second-order valence-electron chi connectivity index (χ2n) is 5.39. The second kappa shape index (κ2) is 9.46. The molecule has 0 fully saturated rings. The van der Waals surface area contributed by atoms with Crippen LogP contribution in [0.4, 0.5) is 5.69 Å². The minimum absolute atomic E-state index is 0.216. The first-order valence-corrected chi connectivity index (χ1v) is 8.27. The van der Waals surface area contributed by atoms with Gasteiger partial charge in [0.1, 0.15) is 17.6 Å². The molecular weight excluding hydrogens is 372 g/mol. The number of ether oxygens (including phenoxy) is 3. The van der Waals surface area contributed by atoms with Crippen molar-refractivity contribution < 1.29 is 23.8 Å². The van der Waals surface area contributed by atoms with Crippen LogP contribution in [0.2, 0.25) is 5.02 Å². The second-order valence-corrected chi connectivity index (χ2v) is 5.80. The lowest BCUT2D eigenvalue weighted by Crippen LogP contribution is -2.31. The van der Waals surface area contributed by atoms with Crippen LogP contribution in [0.15, 0.2) is 42.5 Å². The highest BCUT2D eigenvalue weighted by molar-refractivity contribution is 6.32. The Labute approximate surface area is 161 Å². The van der Waals surface area contributed by atoms with E-state index in [1.807, 2.05) is 6.07 Å². The first kappa shape index (κ1) is 20.1. The zero-order chi connectivity index (χ0) is 19.8. The summed E-state index contributed by atoms with van der Waals surface area (Å²) >= 11 is 5.91. The van der Waals surface area contributed by atoms with Gasteiger partial charge in [-0.2, -0.15) is 5.26 Å². The number of methoxy groups -OCH3 is 1. The largest absolute Gasteiger partial charge is 0.497 e. The van der Waals surface area contributed by atoms with E-state index in [-0.39, 0.29) is 11.6 Å². The zero-order valence-corrected chi connectivity index (χ0v) is 15.4. The molecule has 0 heterocycles. The summed E-state index contributed by atoms with van der Waals surface area (Å²) in [6, 6.07) is 13.1. The van der Waals surface area contributed by atoms with Crippen LogP contribution in [0.25, 0.3) is 0 Å². The van der Waals surface area contributed by atoms with Crippen molar-refractivity contribution in [2.24, 2.45) is 0 Å². The standard InChI is InChI=1S/C19H17ClN2O5/c1-12(19(24)22-14-4-3-13(10-21)17(20)9-14)27-18(23)11-26-16-7-5-15(25-2)6-8-16/h3-9,12H,11H2,1-2H3,(H,22,24).